The van der Waals surface area contributed by atoms with Crippen LogP contribution in [0.25, 0.3) is 0 Å². The Kier molecular flexibility index (Phi) is 4.44. The fourth-order valence-corrected chi connectivity index (χ4v) is 4.60. The number of benzene rings is 1. The van der Waals surface area contributed by atoms with Crippen molar-refractivity contribution in [2.24, 2.45) is 23.7 Å². The summed E-state index contributed by atoms with van der Waals surface area (Å²) in [6.07, 6.45) is 6.93. The molecule has 2 unspecified atom stereocenters. The van der Waals surface area contributed by atoms with Crippen molar-refractivity contribution in [2.45, 2.75) is 32.2 Å². The van der Waals surface area contributed by atoms with Crippen molar-refractivity contribution in [3.05, 3.63) is 42.5 Å². The molecule has 1 amide bonds. The Bertz CT molecular complexity index is 780. The molecule has 2 N–H and O–H groups in total. The molecule has 1 aromatic carbocycles. The van der Waals surface area contributed by atoms with Crippen molar-refractivity contribution in [1.29, 1.82) is 0 Å². The number of hydrogen-bond donors (Lipinski definition) is 2. The van der Waals surface area contributed by atoms with Gasteiger partial charge in [0.25, 0.3) is 0 Å². The molecule has 0 saturated heterocycles. The number of carbonyl (C=O) groups is 2. The first-order valence-electron chi connectivity index (χ1n) is 9.07. The van der Waals surface area contributed by atoms with Crippen LogP contribution >= 0.6 is 0 Å². The molecular formula is C19H22N4O3. The number of aliphatic carboxylic acids is 1. The number of nitrogens with one attached hydrogen (secondary N) is 1. The molecular weight excluding hydrogens is 332 g/mol. The topological polar surface area (TPSA) is 97.1 Å². The summed E-state index contributed by atoms with van der Waals surface area (Å²) in [7, 11) is 0. The minimum atomic E-state index is -0.831. The van der Waals surface area contributed by atoms with Gasteiger partial charge in [0, 0.05) is 5.69 Å². The number of nitrogens with zero attached hydrogens (tertiary/aromatic N) is 3. The Balaban J connectivity index is 1.44. The second-order valence-electron chi connectivity index (χ2n) is 7.34. The van der Waals surface area contributed by atoms with Gasteiger partial charge in [0.1, 0.15) is 12.7 Å². The zero-order valence-corrected chi connectivity index (χ0v) is 14.4. The maximum Gasteiger partial charge on any atom is 0.307 e. The molecule has 7 nitrogen and oxygen atoms in total. The predicted molar refractivity (Wildman–Crippen MR) is 94.3 cm³/mol. The van der Waals surface area contributed by atoms with Crippen molar-refractivity contribution in [1.82, 2.24) is 14.8 Å². The Morgan fingerprint density at radius 3 is 2.31 bits per heavy atom. The Hall–Kier alpha value is -2.70. The zero-order valence-electron chi connectivity index (χ0n) is 14.4. The van der Waals surface area contributed by atoms with Gasteiger partial charge in [-0.25, -0.2) is 9.67 Å². The van der Waals surface area contributed by atoms with Gasteiger partial charge >= 0.3 is 5.97 Å². The fourth-order valence-electron chi connectivity index (χ4n) is 4.60. The molecule has 7 heteroatoms. The number of rotatable bonds is 5. The molecule has 3 fully saturated rings. The van der Waals surface area contributed by atoms with E-state index < -0.39 is 17.8 Å². The molecule has 3 saturated carbocycles. The molecule has 3 aliphatic carbocycles. The highest BCUT2D eigenvalue weighted by molar-refractivity contribution is 5.95. The molecule has 2 aromatic rings. The summed E-state index contributed by atoms with van der Waals surface area (Å²) < 4.78 is 1.73. The lowest BCUT2D eigenvalue weighted by molar-refractivity contribution is -0.156. The lowest BCUT2D eigenvalue weighted by Crippen LogP contribution is -2.49. The van der Waals surface area contributed by atoms with Gasteiger partial charge in [-0.05, 0) is 55.2 Å². The maximum absolute atomic E-state index is 12.8. The van der Waals surface area contributed by atoms with Crippen LogP contribution in [0.5, 0.6) is 0 Å². The average molecular weight is 354 g/mol. The quantitative estimate of drug-likeness (QED) is 0.859. The second-order valence-corrected chi connectivity index (χ2v) is 7.34. The predicted octanol–water partition coefficient (Wildman–Crippen LogP) is 2.40. The van der Waals surface area contributed by atoms with Crippen molar-refractivity contribution in [3.63, 3.8) is 0 Å². The van der Waals surface area contributed by atoms with Gasteiger partial charge in [-0.2, -0.15) is 5.10 Å². The lowest BCUT2D eigenvalue weighted by Gasteiger charge is -2.45. The van der Waals surface area contributed by atoms with Crippen LogP contribution in [0.3, 0.4) is 0 Å². The summed E-state index contributed by atoms with van der Waals surface area (Å²) >= 11 is 0. The first kappa shape index (κ1) is 16.8. The minimum absolute atomic E-state index is 0.137. The van der Waals surface area contributed by atoms with Crippen LogP contribution in [0.2, 0.25) is 0 Å². The smallest absolute Gasteiger partial charge is 0.307 e. The molecule has 3 aliphatic rings. The summed E-state index contributed by atoms with van der Waals surface area (Å²) in [5.41, 5.74) is 1.75. The molecule has 1 heterocycles. The highest BCUT2D eigenvalue weighted by atomic mass is 16.4. The second kappa shape index (κ2) is 6.90. The average Bonchev–Trinajstić information content (AvgIpc) is 3.16. The third kappa shape index (κ3) is 3.21. The van der Waals surface area contributed by atoms with Crippen LogP contribution < -0.4 is 5.32 Å². The molecule has 0 aliphatic heterocycles. The number of fused-ring (bicyclic) bond motifs is 3. The highest BCUT2D eigenvalue weighted by Crippen LogP contribution is 2.49. The largest absolute Gasteiger partial charge is 0.481 e. The van der Waals surface area contributed by atoms with Crippen LogP contribution in [0.15, 0.2) is 36.9 Å². The van der Waals surface area contributed by atoms with Gasteiger partial charge in [0.05, 0.1) is 18.4 Å². The van der Waals surface area contributed by atoms with E-state index in [1.165, 1.54) is 6.33 Å². The molecule has 26 heavy (non-hydrogen) atoms. The van der Waals surface area contributed by atoms with E-state index in [0.29, 0.717) is 12.2 Å². The number of hydrogen-bond acceptors (Lipinski definition) is 4. The monoisotopic (exact) mass is 354 g/mol. The number of aromatic nitrogens is 3. The highest BCUT2D eigenvalue weighted by Gasteiger charge is 2.50. The van der Waals surface area contributed by atoms with Crippen LogP contribution in [0, 0.1) is 23.7 Å². The third-order valence-electron chi connectivity index (χ3n) is 5.84. The van der Waals surface area contributed by atoms with Gasteiger partial charge in [0.15, 0.2) is 0 Å². The van der Waals surface area contributed by atoms with E-state index in [0.717, 1.165) is 31.2 Å². The maximum atomic E-state index is 12.8. The molecule has 2 bridgehead atoms. The van der Waals surface area contributed by atoms with Crippen molar-refractivity contribution in [3.8, 4) is 0 Å². The van der Waals surface area contributed by atoms with Crippen molar-refractivity contribution in [2.75, 3.05) is 5.32 Å². The van der Waals surface area contributed by atoms with Crippen LogP contribution in [0.1, 0.15) is 31.2 Å². The van der Waals surface area contributed by atoms with Crippen molar-refractivity contribution < 1.29 is 14.7 Å². The standard InChI is InChI=1S/C19H22N4O3/c24-18(16-13-3-5-14(6-4-13)17(16)19(25)26)22-15-7-1-12(2-8-15)9-23-11-20-10-21-23/h1-2,7-8,10-11,13-14,16-17H,3-6,9H2,(H,22,24)(H,25,26). The van der Waals surface area contributed by atoms with E-state index in [1.54, 1.807) is 11.0 Å². The summed E-state index contributed by atoms with van der Waals surface area (Å²) in [5, 5.41) is 16.6. The number of anilines is 1. The van der Waals surface area contributed by atoms with Gasteiger partial charge < -0.3 is 10.4 Å². The van der Waals surface area contributed by atoms with E-state index in [4.69, 9.17) is 0 Å². The molecule has 5 rings (SSSR count). The SMILES string of the molecule is O=C(O)C1C2CCC(CC2)C1C(=O)Nc1ccc(Cn2cncn2)cc1. The summed E-state index contributed by atoms with van der Waals surface area (Å²) in [6, 6.07) is 7.56. The van der Waals surface area contributed by atoms with Crippen LogP contribution in [0.4, 0.5) is 5.69 Å². The first-order valence-corrected chi connectivity index (χ1v) is 9.07. The normalized spacial score (nSPS) is 27.2. The number of carbonyl (C=O) groups excluding carboxylic acids is 1. The minimum Gasteiger partial charge on any atom is -0.481 e. The van der Waals surface area contributed by atoms with Crippen LogP contribution in [-0.4, -0.2) is 31.7 Å². The summed E-state index contributed by atoms with van der Waals surface area (Å²) in [6.45, 7) is 0.613. The van der Waals surface area contributed by atoms with Gasteiger partial charge in [-0.1, -0.05) is 12.1 Å². The molecule has 0 radical (unpaired) electrons. The molecule has 136 valence electrons. The van der Waals surface area contributed by atoms with Gasteiger partial charge in [-0.3, -0.25) is 9.59 Å². The van der Waals surface area contributed by atoms with Gasteiger partial charge in [0.2, 0.25) is 5.91 Å². The van der Waals surface area contributed by atoms with E-state index in [1.807, 2.05) is 24.3 Å². The van der Waals surface area contributed by atoms with E-state index in [-0.39, 0.29) is 17.7 Å². The Morgan fingerprint density at radius 1 is 1.08 bits per heavy atom. The van der Waals surface area contributed by atoms with Crippen LogP contribution in [-0.2, 0) is 16.1 Å². The fraction of sp³-hybridized carbons (Fsp3) is 0.474. The van der Waals surface area contributed by atoms with E-state index in [2.05, 4.69) is 15.4 Å². The number of carboxylic acids is 1. The summed E-state index contributed by atoms with van der Waals surface area (Å²) in [4.78, 5) is 28.4. The Morgan fingerprint density at radius 2 is 1.73 bits per heavy atom. The third-order valence-corrected chi connectivity index (χ3v) is 5.84. The van der Waals surface area contributed by atoms with E-state index in [9.17, 15) is 14.7 Å². The molecule has 2 atom stereocenters. The lowest BCUT2D eigenvalue weighted by atomic mass is 9.58. The van der Waals surface area contributed by atoms with E-state index >= 15 is 0 Å². The van der Waals surface area contributed by atoms with Gasteiger partial charge in [-0.15, -0.1) is 0 Å². The zero-order chi connectivity index (χ0) is 18.1. The molecule has 0 spiro atoms. The number of carboxylic acid groups (broad SMARTS) is 1. The summed E-state index contributed by atoms with van der Waals surface area (Å²) in [5.74, 6) is -1.63. The van der Waals surface area contributed by atoms with Crippen molar-refractivity contribution >= 4 is 17.6 Å². The number of amides is 1. The molecule has 1 aromatic heterocycles. The first-order chi connectivity index (χ1) is 12.6. The Labute approximate surface area is 151 Å².